The summed E-state index contributed by atoms with van der Waals surface area (Å²) >= 11 is 0. The highest BCUT2D eigenvalue weighted by Crippen LogP contribution is 2.33. The first-order valence-electron chi connectivity index (χ1n) is 7.20. The maximum atomic E-state index is 11.4. The summed E-state index contributed by atoms with van der Waals surface area (Å²) in [4.78, 5) is 13.8. The van der Waals surface area contributed by atoms with E-state index in [9.17, 15) is 9.90 Å². The van der Waals surface area contributed by atoms with E-state index in [0.29, 0.717) is 5.92 Å². The van der Waals surface area contributed by atoms with Crippen molar-refractivity contribution >= 4 is 5.97 Å². The summed E-state index contributed by atoms with van der Waals surface area (Å²) in [7, 11) is 0. The lowest BCUT2D eigenvalue weighted by Crippen LogP contribution is -2.53. The van der Waals surface area contributed by atoms with Crippen LogP contribution in [0.4, 0.5) is 0 Å². The molecule has 0 aromatic heterocycles. The Bertz CT molecular complexity index is 295. The molecule has 18 heavy (non-hydrogen) atoms. The van der Waals surface area contributed by atoms with Crippen molar-refractivity contribution in [2.24, 2.45) is 11.8 Å². The van der Waals surface area contributed by atoms with Crippen LogP contribution in [-0.2, 0) is 9.53 Å². The summed E-state index contributed by atoms with van der Waals surface area (Å²) in [6.45, 7) is 6.90. The van der Waals surface area contributed by atoms with Gasteiger partial charge in [0.1, 0.15) is 0 Å². The van der Waals surface area contributed by atoms with Gasteiger partial charge in [-0.25, -0.2) is 0 Å². The third-order valence-electron chi connectivity index (χ3n) is 4.49. The Hall–Kier alpha value is -0.610. The van der Waals surface area contributed by atoms with Crippen LogP contribution in [-0.4, -0.2) is 47.8 Å². The quantitative estimate of drug-likeness (QED) is 0.838. The largest absolute Gasteiger partial charge is 0.481 e. The molecule has 104 valence electrons. The van der Waals surface area contributed by atoms with Crippen molar-refractivity contribution in [3.8, 4) is 0 Å². The lowest BCUT2D eigenvalue weighted by Gasteiger charge is -2.43. The van der Waals surface area contributed by atoms with Crippen molar-refractivity contribution in [3.05, 3.63) is 0 Å². The fourth-order valence-electron chi connectivity index (χ4n) is 3.33. The van der Waals surface area contributed by atoms with Crippen LogP contribution in [0.1, 0.15) is 39.5 Å². The van der Waals surface area contributed by atoms with E-state index < -0.39 is 5.97 Å². The fourth-order valence-corrected chi connectivity index (χ4v) is 3.33. The SMILES string of the molecule is CCC1CN(C2CC(C)CCC2C(=O)O)CCO1. The predicted molar refractivity (Wildman–Crippen MR) is 69.5 cm³/mol. The van der Waals surface area contributed by atoms with E-state index in [1.807, 2.05) is 0 Å². The fraction of sp³-hybridized carbons (Fsp3) is 0.929. The molecule has 0 amide bonds. The van der Waals surface area contributed by atoms with E-state index >= 15 is 0 Å². The van der Waals surface area contributed by atoms with E-state index in [1.165, 1.54) is 0 Å². The minimum Gasteiger partial charge on any atom is -0.481 e. The zero-order valence-corrected chi connectivity index (χ0v) is 11.5. The van der Waals surface area contributed by atoms with Gasteiger partial charge in [-0.05, 0) is 31.6 Å². The van der Waals surface area contributed by atoms with Crippen molar-refractivity contribution in [1.82, 2.24) is 4.90 Å². The number of aliphatic carboxylic acids is 1. The van der Waals surface area contributed by atoms with Crippen LogP contribution in [0.2, 0.25) is 0 Å². The molecule has 4 atom stereocenters. The average molecular weight is 255 g/mol. The van der Waals surface area contributed by atoms with Crippen LogP contribution in [0.5, 0.6) is 0 Å². The van der Waals surface area contributed by atoms with Crippen LogP contribution in [0.3, 0.4) is 0 Å². The van der Waals surface area contributed by atoms with Crippen molar-refractivity contribution in [2.45, 2.75) is 51.7 Å². The number of carbonyl (C=O) groups is 1. The second kappa shape index (κ2) is 6.02. The lowest BCUT2D eigenvalue weighted by molar-refractivity contribution is -0.148. The number of carboxylic acids is 1. The number of morpholine rings is 1. The first-order valence-corrected chi connectivity index (χ1v) is 7.20. The monoisotopic (exact) mass is 255 g/mol. The summed E-state index contributed by atoms with van der Waals surface area (Å²) in [6.07, 6.45) is 4.19. The summed E-state index contributed by atoms with van der Waals surface area (Å²) in [6, 6.07) is 0.212. The molecular formula is C14H25NO3. The summed E-state index contributed by atoms with van der Waals surface area (Å²) < 4.78 is 5.68. The molecule has 0 radical (unpaired) electrons. The normalized spacial score (nSPS) is 38.6. The smallest absolute Gasteiger partial charge is 0.308 e. The second-order valence-corrected chi connectivity index (χ2v) is 5.83. The van der Waals surface area contributed by atoms with Gasteiger partial charge in [0, 0.05) is 19.1 Å². The molecule has 1 heterocycles. The number of hydrogen-bond donors (Lipinski definition) is 1. The maximum absolute atomic E-state index is 11.4. The van der Waals surface area contributed by atoms with Gasteiger partial charge in [-0.3, -0.25) is 9.69 Å². The molecule has 1 aliphatic heterocycles. The minimum absolute atomic E-state index is 0.184. The second-order valence-electron chi connectivity index (χ2n) is 5.83. The predicted octanol–water partition coefficient (Wildman–Crippen LogP) is 1.99. The Morgan fingerprint density at radius 3 is 2.89 bits per heavy atom. The zero-order valence-electron chi connectivity index (χ0n) is 11.5. The van der Waals surface area contributed by atoms with Gasteiger partial charge >= 0.3 is 5.97 Å². The van der Waals surface area contributed by atoms with Gasteiger partial charge in [-0.15, -0.1) is 0 Å². The highest BCUT2D eigenvalue weighted by Gasteiger charge is 2.38. The molecule has 0 aromatic carbocycles. The molecular weight excluding hydrogens is 230 g/mol. The Morgan fingerprint density at radius 2 is 2.22 bits per heavy atom. The third kappa shape index (κ3) is 3.04. The molecule has 4 unspecified atom stereocenters. The van der Waals surface area contributed by atoms with Crippen LogP contribution >= 0.6 is 0 Å². The standard InChI is InChI=1S/C14H25NO3/c1-3-11-9-15(6-7-18-11)13-8-10(2)4-5-12(13)14(16)17/h10-13H,3-9H2,1-2H3,(H,16,17). The maximum Gasteiger partial charge on any atom is 0.308 e. The molecule has 2 aliphatic rings. The number of rotatable bonds is 3. The van der Waals surface area contributed by atoms with E-state index in [2.05, 4.69) is 18.7 Å². The summed E-state index contributed by atoms with van der Waals surface area (Å²) in [5.41, 5.74) is 0. The number of nitrogens with zero attached hydrogens (tertiary/aromatic N) is 1. The molecule has 0 aromatic rings. The molecule has 2 rings (SSSR count). The van der Waals surface area contributed by atoms with Crippen LogP contribution < -0.4 is 0 Å². The zero-order chi connectivity index (χ0) is 13.1. The van der Waals surface area contributed by atoms with Gasteiger partial charge in [-0.1, -0.05) is 13.8 Å². The molecule has 1 N–H and O–H groups in total. The molecule has 4 nitrogen and oxygen atoms in total. The lowest BCUT2D eigenvalue weighted by atomic mass is 9.78. The minimum atomic E-state index is -0.619. The highest BCUT2D eigenvalue weighted by molar-refractivity contribution is 5.71. The van der Waals surface area contributed by atoms with Gasteiger partial charge in [0.15, 0.2) is 0 Å². The topological polar surface area (TPSA) is 49.8 Å². The number of hydrogen-bond acceptors (Lipinski definition) is 3. The van der Waals surface area contributed by atoms with Crippen LogP contribution in [0.25, 0.3) is 0 Å². The Morgan fingerprint density at radius 1 is 1.44 bits per heavy atom. The van der Waals surface area contributed by atoms with Gasteiger partial charge in [-0.2, -0.15) is 0 Å². The molecule has 0 spiro atoms. The van der Waals surface area contributed by atoms with Crippen molar-refractivity contribution in [3.63, 3.8) is 0 Å². The van der Waals surface area contributed by atoms with Crippen molar-refractivity contribution in [2.75, 3.05) is 19.7 Å². The first-order chi connectivity index (χ1) is 8.61. The van der Waals surface area contributed by atoms with Gasteiger partial charge in [0.2, 0.25) is 0 Å². The number of ether oxygens (including phenoxy) is 1. The van der Waals surface area contributed by atoms with E-state index in [1.54, 1.807) is 0 Å². The van der Waals surface area contributed by atoms with E-state index in [-0.39, 0.29) is 18.1 Å². The summed E-state index contributed by atoms with van der Waals surface area (Å²) in [5, 5.41) is 9.39. The Balaban J connectivity index is 2.04. The highest BCUT2D eigenvalue weighted by atomic mass is 16.5. The molecule has 1 saturated heterocycles. The first kappa shape index (κ1) is 13.8. The number of carboxylic acid groups (broad SMARTS) is 1. The molecule has 1 aliphatic carbocycles. The van der Waals surface area contributed by atoms with E-state index in [0.717, 1.165) is 45.4 Å². The van der Waals surface area contributed by atoms with Gasteiger partial charge in [0.25, 0.3) is 0 Å². The Labute approximate surface area is 109 Å². The van der Waals surface area contributed by atoms with E-state index in [4.69, 9.17) is 4.74 Å². The van der Waals surface area contributed by atoms with Gasteiger partial charge in [0.05, 0.1) is 18.6 Å². The van der Waals surface area contributed by atoms with Crippen molar-refractivity contribution < 1.29 is 14.6 Å². The Kier molecular flexibility index (Phi) is 4.62. The molecule has 0 bridgehead atoms. The van der Waals surface area contributed by atoms with Gasteiger partial charge < -0.3 is 9.84 Å². The van der Waals surface area contributed by atoms with Crippen LogP contribution in [0, 0.1) is 11.8 Å². The molecule has 2 fully saturated rings. The summed E-state index contributed by atoms with van der Waals surface area (Å²) in [5.74, 6) is -0.156. The molecule has 4 heteroatoms. The van der Waals surface area contributed by atoms with Crippen LogP contribution in [0.15, 0.2) is 0 Å². The van der Waals surface area contributed by atoms with Crippen molar-refractivity contribution in [1.29, 1.82) is 0 Å². The average Bonchev–Trinajstić information content (AvgIpc) is 2.38. The molecule has 1 saturated carbocycles. The third-order valence-corrected chi connectivity index (χ3v) is 4.49.